The number of sulfonamides is 1. The lowest BCUT2D eigenvalue weighted by Gasteiger charge is -2.34. The van der Waals surface area contributed by atoms with Gasteiger partial charge in [0.1, 0.15) is 11.9 Å². The first-order chi connectivity index (χ1) is 15.6. The highest BCUT2D eigenvalue weighted by atomic mass is 35.5. The first-order valence-corrected chi connectivity index (χ1v) is 13.2. The highest BCUT2D eigenvalue weighted by Gasteiger charge is 2.32. The van der Waals surface area contributed by atoms with Crippen molar-refractivity contribution in [1.82, 2.24) is 19.6 Å². The largest absolute Gasteiger partial charge is 0.396 e. The number of likely N-dealkylation sites (tertiary alicyclic amines) is 1. The standard InChI is InChI=1S/C21H30Cl2N6O3S/c1-2-13-5-9-29(10-6-13)21(30)18(4-3-17(24)20-26-7-8-27-20)28-33(31,32)14-11-15(22)19(25)16(23)12-14/h7-8,11-13,17-18,28H,2-6,9-10,24-25H2,1H3,(H,26,27)/t17?,18-/m0/s1. The van der Waals surface area contributed by atoms with Crippen LogP contribution in [0.1, 0.15) is 50.9 Å². The number of hydrogen-bond acceptors (Lipinski definition) is 6. The van der Waals surface area contributed by atoms with E-state index in [0.717, 1.165) is 19.3 Å². The quantitative estimate of drug-likeness (QED) is 0.376. The highest BCUT2D eigenvalue weighted by Crippen LogP contribution is 2.31. The van der Waals surface area contributed by atoms with Crippen LogP contribution in [-0.2, 0) is 14.8 Å². The number of carbonyl (C=O) groups is 1. The van der Waals surface area contributed by atoms with Crippen LogP contribution >= 0.6 is 23.2 Å². The van der Waals surface area contributed by atoms with Crippen LogP contribution in [0.3, 0.4) is 0 Å². The van der Waals surface area contributed by atoms with Crippen molar-refractivity contribution in [2.24, 2.45) is 11.7 Å². The minimum absolute atomic E-state index is 0.0206. The Hall–Kier alpha value is -1.85. The van der Waals surface area contributed by atoms with E-state index in [1.165, 1.54) is 12.1 Å². The Bertz CT molecular complexity index is 1030. The van der Waals surface area contributed by atoms with Crippen molar-refractivity contribution in [3.05, 3.63) is 40.4 Å². The summed E-state index contributed by atoms with van der Waals surface area (Å²) >= 11 is 12.1. The zero-order valence-electron chi connectivity index (χ0n) is 18.4. The van der Waals surface area contributed by atoms with E-state index in [2.05, 4.69) is 21.6 Å². The van der Waals surface area contributed by atoms with E-state index in [4.69, 9.17) is 34.7 Å². The summed E-state index contributed by atoms with van der Waals surface area (Å²) in [5.41, 5.74) is 12.0. The number of aromatic nitrogens is 2. The summed E-state index contributed by atoms with van der Waals surface area (Å²) < 4.78 is 28.8. The third-order valence-corrected chi connectivity index (χ3v) is 8.18. The first kappa shape index (κ1) is 25.8. The number of carbonyl (C=O) groups excluding carboxylic acids is 1. The van der Waals surface area contributed by atoms with Crippen LogP contribution in [0.25, 0.3) is 0 Å². The average Bonchev–Trinajstić information content (AvgIpc) is 3.34. The molecule has 1 fully saturated rings. The maximum atomic E-state index is 13.4. The number of rotatable bonds is 9. The Morgan fingerprint density at radius 1 is 1.27 bits per heavy atom. The molecule has 2 aromatic rings. The van der Waals surface area contributed by atoms with Crippen molar-refractivity contribution >= 4 is 44.8 Å². The van der Waals surface area contributed by atoms with Crippen molar-refractivity contribution in [1.29, 1.82) is 0 Å². The molecule has 1 aliphatic heterocycles. The molecular weight excluding hydrogens is 487 g/mol. The molecule has 1 amide bonds. The van der Waals surface area contributed by atoms with E-state index in [1.54, 1.807) is 17.3 Å². The van der Waals surface area contributed by atoms with Crippen LogP contribution in [0, 0.1) is 5.92 Å². The maximum Gasteiger partial charge on any atom is 0.241 e. The minimum atomic E-state index is -4.11. The number of imidazole rings is 1. The van der Waals surface area contributed by atoms with Gasteiger partial charge in [0.2, 0.25) is 15.9 Å². The summed E-state index contributed by atoms with van der Waals surface area (Å²) in [6, 6.07) is 0.970. The Kier molecular flexibility index (Phi) is 8.63. The van der Waals surface area contributed by atoms with Crippen molar-refractivity contribution in [3.63, 3.8) is 0 Å². The van der Waals surface area contributed by atoms with Crippen molar-refractivity contribution in [2.75, 3.05) is 18.8 Å². The molecule has 1 aromatic heterocycles. The molecule has 6 N–H and O–H groups in total. The van der Waals surface area contributed by atoms with E-state index in [1.807, 2.05) is 0 Å². The zero-order chi connectivity index (χ0) is 24.2. The number of halogens is 2. The van der Waals surface area contributed by atoms with Crippen molar-refractivity contribution in [2.45, 2.75) is 56.0 Å². The monoisotopic (exact) mass is 516 g/mol. The number of nitrogens with one attached hydrogen (secondary N) is 2. The molecule has 1 unspecified atom stereocenters. The Labute approximate surface area is 204 Å². The van der Waals surface area contributed by atoms with Crippen LogP contribution in [0.5, 0.6) is 0 Å². The summed E-state index contributed by atoms with van der Waals surface area (Å²) in [7, 11) is -4.11. The van der Waals surface area contributed by atoms with Gasteiger partial charge in [-0.25, -0.2) is 13.4 Å². The number of nitrogens with two attached hydrogens (primary N) is 2. The van der Waals surface area contributed by atoms with Crippen LogP contribution in [0.15, 0.2) is 29.4 Å². The van der Waals surface area contributed by atoms with Crippen LogP contribution in [-0.4, -0.2) is 48.3 Å². The van der Waals surface area contributed by atoms with Gasteiger partial charge in [0.15, 0.2) is 0 Å². The number of piperidine rings is 1. The molecule has 9 nitrogen and oxygen atoms in total. The van der Waals surface area contributed by atoms with Gasteiger partial charge in [0.25, 0.3) is 0 Å². The fraction of sp³-hybridized carbons (Fsp3) is 0.524. The van der Waals surface area contributed by atoms with Gasteiger partial charge in [-0.3, -0.25) is 4.79 Å². The lowest BCUT2D eigenvalue weighted by molar-refractivity contribution is -0.134. The van der Waals surface area contributed by atoms with Gasteiger partial charge < -0.3 is 21.4 Å². The predicted molar refractivity (Wildman–Crippen MR) is 129 cm³/mol. The second-order valence-electron chi connectivity index (χ2n) is 8.31. The number of aromatic amines is 1. The number of nitrogen functional groups attached to an aromatic ring is 1. The predicted octanol–water partition coefficient (Wildman–Crippen LogP) is 3.07. The summed E-state index contributed by atoms with van der Waals surface area (Å²) in [6.07, 6.45) is 6.66. The number of anilines is 1. The second-order valence-corrected chi connectivity index (χ2v) is 10.8. The van der Waals surface area contributed by atoms with Gasteiger partial charge in [0.05, 0.1) is 26.7 Å². The first-order valence-electron chi connectivity index (χ1n) is 10.9. The number of hydrogen-bond donors (Lipinski definition) is 4. The third kappa shape index (κ3) is 6.39. The lowest BCUT2D eigenvalue weighted by Crippen LogP contribution is -2.50. The third-order valence-electron chi connectivity index (χ3n) is 6.10. The Morgan fingerprint density at radius 2 is 1.91 bits per heavy atom. The molecule has 33 heavy (non-hydrogen) atoms. The van der Waals surface area contributed by atoms with Crippen molar-refractivity contribution in [3.8, 4) is 0 Å². The molecule has 3 rings (SSSR count). The van der Waals surface area contributed by atoms with Crippen molar-refractivity contribution < 1.29 is 13.2 Å². The SMILES string of the molecule is CCC1CCN(C(=O)[C@H](CCC(N)c2ncc[nH]2)NS(=O)(=O)c2cc(Cl)c(N)c(Cl)c2)CC1. The van der Waals surface area contributed by atoms with Gasteiger partial charge in [-0.15, -0.1) is 0 Å². The normalized spacial score (nSPS) is 17.2. The lowest BCUT2D eigenvalue weighted by atomic mass is 9.94. The minimum Gasteiger partial charge on any atom is -0.396 e. The number of nitrogens with zero attached hydrogens (tertiary/aromatic N) is 2. The van der Waals surface area contributed by atoms with E-state index < -0.39 is 22.1 Å². The molecule has 182 valence electrons. The van der Waals surface area contributed by atoms with Gasteiger partial charge in [-0.2, -0.15) is 4.72 Å². The molecule has 0 saturated carbocycles. The maximum absolute atomic E-state index is 13.4. The number of H-pyrrole nitrogens is 1. The van der Waals surface area contributed by atoms with Crippen LogP contribution in [0.4, 0.5) is 5.69 Å². The smallest absolute Gasteiger partial charge is 0.241 e. The van der Waals surface area contributed by atoms with Gasteiger partial charge in [-0.1, -0.05) is 36.5 Å². The molecule has 1 aromatic carbocycles. The van der Waals surface area contributed by atoms with Gasteiger partial charge in [-0.05, 0) is 43.7 Å². The summed E-state index contributed by atoms with van der Waals surface area (Å²) in [5, 5.41) is 0.0412. The molecule has 1 aliphatic rings. The second kappa shape index (κ2) is 11.1. The fourth-order valence-corrected chi connectivity index (χ4v) is 5.84. The molecule has 0 radical (unpaired) electrons. The number of amides is 1. The fourth-order valence-electron chi connectivity index (χ4n) is 3.95. The molecule has 1 saturated heterocycles. The highest BCUT2D eigenvalue weighted by molar-refractivity contribution is 7.89. The van der Waals surface area contributed by atoms with Crippen LogP contribution in [0.2, 0.25) is 10.0 Å². The number of benzene rings is 1. The molecular formula is C21H30Cl2N6O3S. The van der Waals surface area contributed by atoms with E-state index in [-0.39, 0.29) is 33.0 Å². The molecule has 2 heterocycles. The average molecular weight is 517 g/mol. The summed E-state index contributed by atoms with van der Waals surface area (Å²) in [4.78, 5) is 22.0. The molecule has 0 aliphatic carbocycles. The molecule has 0 bridgehead atoms. The van der Waals surface area contributed by atoms with E-state index in [9.17, 15) is 13.2 Å². The van der Waals surface area contributed by atoms with Gasteiger partial charge >= 0.3 is 0 Å². The Balaban J connectivity index is 1.80. The van der Waals surface area contributed by atoms with E-state index in [0.29, 0.717) is 31.3 Å². The van der Waals surface area contributed by atoms with Crippen LogP contribution < -0.4 is 16.2 Å². The molecule has 12 heteroatoms. The molecule has 2 atom stereocenters. The molecule has 0 spiro atoms. The topological polar surface area (TPSA) is 147 Å². The zero-order valence-corrected chi connectivity index (χ0v) is 20.8. The summed E-state index contributed by atoms with van der Waals surface area (Å²) in [5.74, 6) is 0.882. The van der Waals surface area contributed by atoms with Gasteiger partial charge in [0, 0.05) is 25.5 Å². The summed E-state index contributed by atoms with van der Waals surface area (Å²) in [6.45, 7) is 3.33. The Morgan fingerprint density at radius 3 is 2.45 bits per heavy atom. The van der Waals surface area contributed by atoms with E-state index >= 15 is 0 Å².